The molecular formula is C10H19NO. The molecule has 0 radical (unpaired) electrons. The minimum Gasteiger partial charge on any atom is -0.393 e. The lowest BCUT2D eigenvalue weighted by atomic mass is 9.78. The minimum absolute atomic E-state index is 0.119. The third kappa shape index (κ3) is 2.08. The van der Waals surface area contributed by atoms with Crippen LogP contribution in [-0.2, 0) is 0 Å². The SMILES string of the molecule is C=CCC1(NC)CCC[C@@H](O)C1. The van der Waals surface area contributed by atoms with E-state index in [1.165, 1.54) is 0 Å². The van der Waals surface area contributed by atoms with Gasteiger partial charge in [0.1, 0.15) is 0 Å². The van der Waals surface area contributed by atoms with Gasteiger partial charge in [-0.05, 0) is 39.2 Å². The molecular weight excluding hydrogens is 150 g/mol. The second-order valence-corrected chi connectivity index (χ2v) is 3.77. The molecule has 0 aliphatic heterocycles. The Bertz CT molecular complexity index is 158. The van der Waals surface area contributed by atoms with Crippen LogP contribution in [0, 0.1) is 0 Å². The van der Waals surface area contributed by atoms with Gasteiger partial charge >= 0.3 is 0 Å². The summed E-state index contributed by atoms with van der Waals surface area (Å²) in [5.41, 5.74) is 0.124. The molecule has 0 heterocycles. The Labute approximate surface area is 74.7 Å². The number of aliphatic hydroxyl groups is 1. The van der Waals surface area contributed by atoms with E-state index >= 15 is 0 Å². The Kier molecular flexibility index (Phi) is 3.29. The number of rotatable bonds is 3. The summed E-state index contributed by atoms with van der Waals surface area (Å²) in [7, 11) is 1.97. The van der Waals surface area contributed by atoms with E-state index in [2.05, 4.69) is 11.9 Å². The molecule has 0 saturated heterocycles. The van der Waals surface area contributed by atoms with Gasteiger partial charge in [-0.1, -0.05) is 6.08 Å². The van der Waals surface area contributed by atoms with Gasteiger partial charge in [-0.3, -0.25) is 0 Å². The van der Waals surface area contributed by atoms with Crippen LogP contribution < -0.4 is 5.32 Å². The largest absolute Gasteiger partial charge is 0.393 e. The van der Waals surface area contributed by atoms with Crippen molar-refractivity contribution in [3.8, 4) is 0 Å². The Hall–Kier alpha value is -0.340. The summed E-state index contributed by atoms with van der Waals surface area (Å²) in [6.07, 6.45) is 6.89. The van der Waals surface area contributed by atoms with Crippen LogP contribution in [0.3, 0.4) is 0 Å². The highest BCUT2D eigenvalue weighted by molar-refractivity contribution is 4.97. The molecule has 0 aromatic rings. The maximum Gasteiger partial charge on any atom is 0.0558 e. The number of hydrogen-bond donors (Lipinski definition) is 2. The van der Waals surface area contributed by atoms with Crippen LogP contribution in [0.15, 0.2) is 12.7 Å². The summed E-state index contributed by atoms with van der Waals surface area (Å²) < 4.78 is 0. The van der Waals surface area contributed by atoms with Gasteiger partial charge in [-0.25, -0.2) is 0 Å². The van der Waals surface area contributed by atoms with Crippen molar-refractivity contribution >= 4 is 0 Å². The molecule has 1 saturated carbocycles. The van der Waals surface area contributed by atoms with Crippen LogP contribution in [0.2, 0.25) is 0 Å². The molecule has 2 heteroatoms. The molecule has 0 aromatic carbocycles. The Morgan fingerprint density at radius 2 is 2.50 bits per heavy atom. The van der Waals surface area contributed by atoms with Gasteiger partial charge in [0.05, 0.1) is 6.10 Å². The summed E-state index contributed by atoms with van der Waals surface area (Å²) in [5.74, 6) is 0. The van der Waals surface area contributed by atoms with Gasteiger partial charge in [-0.2, -0.15) is 0 Å². The van der Waals surface area contributed by atoms with Gasteiger partial charge in [0.25, 0.3) is 0 Å². The first-order valence-corrected chi connectivity index (χ1v) is 4.70. The first-order chi connectivity index (χ1) is 5.72. The quantitative estimate of drug-likeness (QED) is 0.627. The average molecular weight is 169 g/mol. The Balaban J connectivity index is 2.57. The van der Waals surface area contributed by atoms with Crippen LogP contribution in [0.4, 0.5) is 0 Å². The number of aliphatic hydroxyl groups excluding tert-OH is 1. The topological polar surface area (TPSA) is 32.3 Å². The van der Waals surface area contributed by atoms with Crippen LogP contribution in [-0.4, -0.2) is 23.8 Å². The molecule has 0 spiro atoms. The second-order valence-electron chi connectivity index (χ2n) is 3.77. The maximum atomic E-state index is 9.53. The standard InChI is InChI=1S/C10H19NO/c1-3-6-10(11-2)7-4-5-9(12)8-10/h3,9,11-12H,1,4-8H2,2H3/t9-,10?/m1/s1. The zero-order valence-corrected chi connectivity index (χ0v) is 7.84. The summed E-state index contributed by atoms with van der Waals surface area (Å²) in [5, 5.41) is 12.8. The molecule has 1 fully saturated rings. The van der Waals surface area contributed by atoms with Gasteiger partial charge in [0.2, 0.25) is 0 Å². The van der Waals surface area contributed by atoms with E-state index < -0.39 is 0 Å². The molecule has 0 bridgehead atoms. The van der Waals surface area contributed by atoms with Crippen molar-refractivity contribution in [2.45, 2.75) is 43.7 Å². The average Bonchev–Trinajstić information content (AvgIpc) is 2.05. The third-order valence-corrected chi connectivity index (χ3v) is 2.88. The maximum absolute atomic E-state index is 9.53. The lowest BCUT2D eigenvalue weighted by molar-refractivity contribution is 0.0753. The lowest BCUT2D eigenvalue weighted by Crippen LogP contribution is -2.47. The molecule has 2 atom stereocenters. The summed E-state index contributed by atoms with van der Waals surface area (Å²) >= 11 is 0. The van der Waals surface area contributed by atoms with Crippen molar-refractivity contribution < 1.29 is 5.11 Å². The highest BCUT2D eigenvalue weighted by atomic mass is 16.3. The fraction of sp³-hybridized carbons (Fsp3) is 0.800. The molecule has 12 heavy (non-hydrogen) atoms. The summed E-state index contributed by atoms with van der Waals surface area (Å²) in [6, 6.07) is 0. The lowest BCUT2D eigenvalue weighted by Gasteiger charge is -2.38. The molecule has 1 unspecified atom stereocenters. The predicted octanol–water partition coefficient (Wildman–Crippen LogP) is 1.46. The highest BCUT2D eigenvalue weighted by Gasteiger charge is 2.32. The molecule has 2 N–H and O–H groups in total. The Morgan fingerprint density at radius 3 is 3.00 bits per heavy atom. The summed E-state index contributed by atoms with van der Waals surface area (Å²) in [4.78, 5) is 0. The van der Waals surface area contributed by atoms with Crippen LogP contribution in [0.1, 0.15) is 32.1 Å². The van der Waals surface area contributed by atoms with Crippen molar-refractivity contribution in [2.75, 3.05) is 7.05 Å². The van der Waals surface area contributed by atoms with Gasteiger partial charge in [0.15, 0.2) is 0 Å². The van der Waals surface area contributed by atoms with Crippen molar-refractivity contribution in [1.82, 2.24) is 5.32 Å². The van der Waals surface area contributed by atoms with E-state index in [1.54, 1.807) is 0 Å². The fourth-order valence-corrected chi connectivity index (χ4v) is 2.12. The molecule has 1 aliphatic rings. The molecule has 1 rings (SSSR count). The molecule has 2 nitrogen and oxygen atoms in total. The van der Waals surface area contributed by atoms with Crippen LogP contribution in [0.5, 0.6) is 0 Å². The monoisotopic (exact) mass is 169 g/mol. The van der Waals surface area contributed by atoms with Gasteiger partial charge in [0, 0.05) is 5.54 Å². The van der Waals surface area contributed by atoms with Crippen molar-refractivity contribution in [2.24, 2.45) is 0 Å². The zero-order chi connectivity index (χ0) is 9.03. The number of hydrogen-bond acceptors (Lipinski definition) is 2. The van der Waals surface area contributed by atoms with E-state index in [0.29, 0.717) is 0 Å². The fourth-order valence-electron chi connectivity index (χ4n) is 2.12. The van der Waals surface area contributed by atoms with Crippen LogP contribution in [0.25, 0.3) is 0 Å². The Morgan fingerprint density at radius 1 is 1.75 bits per heavy atom. The third-order valence-electron chi connectivity index (χ3n) is 2.88. The minimum atomic E-state index is -0.119. The highest BCUT2D eigenvalue weighted by Crippen LogP contribution is 2.31. The second kappa shape index (κ2) is 4.06. The smallest absolute Gasteiger partial charge is 0.0558 e. The van der Waals surface area contributed by atoms with E-state index in [9.17, 15) is 5.11 Å². The van der Waals surface area contributed by atoms with Crippen molar-refractivity contribution in [3.63, 3.8) is 0 Å². The van der Waals surface area contributed by atoms with Crippen LogP contribution >= 0.6 is 0 Å². The van der Waals surface area contributed by atoms with Crippen molar-refractivity contribution in [3.05, 3.63) is 12.7 Å². The normalized spacial score (nSPS) is 36.3. The van der Waals surface area contributed by atoms with Crippen molar-refractivity contribution in [1.29, 1.82) is 0 Å². The van der Waals surface area contributed by atoms with Gasteiger partial charge < -0.3 is 10.4 Å². The van der Waals surface area contributed by atoms with E-state index in [-0.39, 0.29) is 11.6 Å². The zero-order valence-electron chi connectivity index (χ0n) is 7.84. The predicted molar refractivity (Wildman–Crippen MR) is 51.1 cm³/mol. The summed E-state index contributed by atoms with van der Waals surface area (Å²) in [6.45, 7) is 3.75. The molecule has 1 aliphatic carbocycles. The molecule has 0 aromatic heterocycles. The first kappa shape index (κ1) is 9.75. The van der Waals surface area contributed by atoms with E-state index in [4.69, 9.17) is 0 Å². The molecule has 70 valence electrons. The van der Waals surface area contributed by atoms with Gasteiger partial charge in [-0.15, -0.1) is 6.58 Å². The number of nitrogens with one attached hydrogen (secondary N) is 1. The first-order valence-electron chi connectivity index (χ1n) is 4.70. The van der Waals surface area contributed by atoms with E-state index in [0.717, 1.165) is 32.1 Å². The van der Waals surface area contributed by atoms with E-state index in [1.807, 2.05) is 13.1 Å². The molecule has 0 amide bonds.